The highest BCUT2D eigenvalue weighted by molar-refractivity contribution is 6.07. The van der Waals surface area contributed by atoms with Crippen molar-refractivity contribution in [2.75, 3.05) is 7.05 Å². The van der Waals surface area contributed by atoms with Crippen molar-refractivity contribution in [3.8, 4) is 11.3 Å². The Bertz CT molecular complexity index is 1360. The fourth-order valence-corrected chi connectivity index (χ4v) is 4.03. The standard InChI is InChI=1S/C29H27N3O2/c1-19-7-11-21(12-8-19)27-17-25(24-5-3-4-6-26(24)31-27)29(34)32(2)18-20-9-13-22(14-10-20)28(33)30-23-15-16-23/h3-14,17,23H,15-16,18H2,1-2H3,(H,30,33). The Labute approximate surface area is 199 Å². The van der Waals surface area contributed by atoms with E-state index in [1.54, 1.807) is 11.9 Å². The predicted molar refractivity (Wildman–Crippen MR) is 135 cm³/mol. The number of carbonyl (C=O) groups is 2. The van der Waals surface area contributed by atoms with Crippen LogP contribution in [0.1, 0.15) is 44.7 Å². The summed E-state index contributed by atoms with van der Waals surface area (Å²) in [5.41, 5.74) is 5.97. The summed E-state index contributed by atoms with van der Waals surface area (Å²) in [5, 5.41) is 3.83. The first kappa shape index (κ1) is 21.8. The van der Waals surface area contributed by atoms with Crippen molar-refractivity contribution in [3.05, 3.63) is 101 Å². The van der Waals surface area contributed by atoms with Crippen LogP contribution < -0.4 is 5.32 Å². The number of amides is 2. The predicted octanol–water partition coefficient (Wildman–Crippen LogP) is 5.37. The maximum absolute atomic E-state index is 13.5. The Hall–Kier alpha value is -3.99. The highest BCUT2D eigenvalue weighted by Crippen LogP contribution is 2.26. The average molecular weight is 450 g/mol. The lowest BCUT2D eigenvalue weighted by Crippen LogP contribution is -2.27. The van der Waals surface area contributed by atoms with Gasteiger partial charge in [-0.3, -0.25) is 9.59 Å². The van der Waals surface area contributed by atoms with Crippen LogP contribution in [0.25, 0.3) is 22.2 Å². The largest absolute Gasteiger partial charge is 0.349 e. The normalized spacial score (nSPS) is 13.0. The Balaban J connectivity index is 1.39. The number of hydrogen-bond acceptors (Lipinski definition) is 3. The second-order valence-electron chi connectivity index (χ2n) is 9.04. The van der Waals surface area contributed by atoms with E-state index in [1.165, 1.54) is 5.56 Å². The molecule has 0 aliphatic heterocycles. The van der Waals surface area contributed by atoms with Gasteiger partial charge in [0.05, 0.1) is 16.8 Å². The molecule has 1 aliphatic carbocycles. The van der Waals surface area contributed by atoms with Gasteiger partial charge in [-0.15, -0.1) is 0 Å². The third kappa shape index (κ3) is 4.69. The van der Waals surface area contributed by atoms with Crippen LogP contribution in [-0.4, -0.2) is 34.8 Å². The average Bonchev–Trinajstić information content (AvgIpc) is 3.67. The van der Waals surface area contributed by atoms with Crippen molar-refractivity contribution in [1.29, 1.82) is 0 Å². The minimum Gasteiger partial charge on any atom is -0.349 e. The molecule has 0 bridgehead atoms. The molecule has 170 valence electrons. The van der Waals surface area contributed by atoms with Gasteiger partial charge in [0, 0.05) is 36.1 Å². The minimum atomic E-state index is -0.0671. The highest BCUT2D eigenvalue weighted by Gasteiger charge is 2.24. The second kappa shape index (κ2) is 9.10. The maximum atomic E-state index is 13.5. The van der Waals surface area contributed by atoms with E-state index in [0.29, 0.717) is 23.7 Å². The number of hydrogen-bond donors (Lipinski definition) is 1. The molecule has 1 fully saturated rings. The number of rotatable bonds is 6. The summed E-state index contributed by atoms with van der Waals surface area (Å²) < 4.78 is 0. The lowest BCUT2D eigenvalue weighted by Gasteiger charge is -2.19. The molecule has 4 aromatic rings. The molecular formula is C29H27N3O2. The van der Waals surface area contributed by atoms with E-state index in [1.807, 2.05) is 73.7 Å². The van der Waals surface area contributed by atoms with Gasteiger partial charge in [-0.1, -0.05) is 60.2 Å². The summed E-state index contributed by atoms with van der Waals surface area (Å²) in [6.45, 7) is 2.49. The molecule has 1 aliphatic rings. The Kier molecular flexibility index (Phi) is 5.84. The van der Waals surface area contributed by atoms with Gasteiger partial charge in [-0.05, 0) is 49.6 Å². The topological polar surface area (TPSA) is 62.3 Å². The van der Waals surface area contributed by atoms with Gasteiger partial charge in [0.1, 0.15) is 0 Å². The maximum Gasteiger partial charge on any atom is 0.254 e. The zero-order valence-corrected chi connectivity index (χ0v) is 19.4. The number of carbonyl (C=O) groups excluding carboxylic acids is 2. The summed E-state index contributed by atoms with van der Waals surface area (Å²) >= 11 is 0. The van der Waals surface area contributed by atoms with Crippen molar-refractivity contribution in [2.45, 2.75) is 32.4 Å². The summed E-state index contributed by atoms with van der Waals surface area (Å²) in [5.74, 6) is -0.104. The van der Waals surface area contributed by atoms with Gasteiger partial charge in [0.25, 0.3) is 11.8 Å². The number of aryl methyl sites for hydroxylation is 1. The smallest absolute Gasteiger partial charge is 0.254 e. The van der Waals surface area contributed by atoms with Gasteiger partial charge in [-0.25, -0.2) is 4.98 Å². The molecule has 1 aromatic heterocycles. The molecule has 5 nitrogen and oxygen atoms in total. The number of para-hydroxylation sites is 1. The third-order valence-corrected chi connectivity index (χ3v) is 6.19. The van der Waals surface area contributed by atoms with E-state index < -0.39 is 0 Å². The first-order valence-electron chi connectivity index (χ1n) is 11.6. The number of aromatic nitrogens is 1. The van der Waals surface area contributed by atoms with Crippen LogP contribution >= 0.6 is 0 Å². The van der Waals surface area contributed by atoms with Crippen LogP contribution in [0.2, 0.25) is 0 Å². The second-order valence-corrected chi connectivity index (χ2v) is 9.04. The Morgan fingerprint density at radius 2 is 1.68 bits per heavy atom. The number of nitrogens with zero attached hydrogens (tertiary/aromatic N) is 2. The van der Waals surface area contributed by atoms with Crippen LogP contribution in [0.15, 0.2) is 78.9 Å². The van der Waals surface area contributed by atoms with Crippen molar-refractivity contribution in [1.82, 2.24) is 15.2 Å². The molecule has 0 spiro atoms. The van der Waals surface area contributed by atoms with Crippen LogP contribution in [0.4, 0.5) is 0 Å². The summed E-state index contributed by atoms with van der Waals surface area (Å²) in [6, 6.07) is 25.6. The molecule has 2 amide bonds. The van der Waals surface area contributed by atoms with E-state index >= 15 is 0 Å². The molecule has 0 atom stereocenters. The molecular weight excluding hydrogens is 422 g/mol. The summed E-state index contributed by atoms with van der Waals surface area (Å²) in [4.78, 5) is 32.3. The molecule has 1 saturated carbocycles. The number of fused-ring (bicyclic) bond motifs is 1. The number of nitrogens with one attached hydrogen (secondary N) is 1. The molecule has 34 heavy (non-hydrogen) atoms. The van der Waals surface area contributed by atoms with Crippen molar-refractivity contribution in [3.63, 3.8) is 0 Å². The van der Waals surface area contributed by atoms with E-state index in [0.717, 1.165) is 40.6 Å². The van der Waals surface area contributed by atoms with Gasteiger partial charge >= 0.3 is 0 Å². The lowest BCUT2D eigenvalue weighted by atomic mass is 10.0. The first-order valence-corrected chi connectivity index (χ1v) is 11.6. The van der Waals surface area contributed by atoms with Crippen molar-refractivity contribution in [2.24, 2.45) is 0 Å². The molecule has 5 rings (SSSR count). The molecule has 3 aromatic carbocycles. The fourth-order valence-electron chi connectivity index (χ4n) is 4.03. The van der Waals surface area contributed by atoms with E-state index in [2.05, 4.69) is 17.4 Å². The van der Waals surface area contributed by atoms with Crippen LogP contribution in [0.3, 0.4) is 0 Å². The quantitative estimate of drug-likeness (QED) is 0.430. The summed E-state index contributed by atoms with van der Waals surface area (Å²) in [6.07, 6.45) is 2.12. The van der Waals surface area contributed by atoms with Gasteiger partial charge in [0.15, 0.2) is 0 Å². The zero-order chi connectivity index (χ0) is 23.7. The van der Waals surface area contributed by atoms with Crippen molar-refractivity contribution < 1.29 is 9.59 Å². The fraction of sp³-hybridized carbons (Fsp3) is 0.207. The molecule has 0 saturated heterocycles. The number of benzene rings is 3. The zero-order valence-electron chi connectivity index (χ0n) is 19.4. The lowest BCUT2D eigenvalue weighted by molar-refractivity contribution is 0.0786. The minimum absolute atomic E-state index is 0.0367. The van der Waals surface area contributed by atoms with Crippen LogP contribution in [-0.2, 0) is 6.54 Å². The van der Waals surface area contributed by atoms with Crippen LogP contribution in [0.5, 0.6) is 0 Å². The molecule has 0 radical (unpaired) electrons. The molecule has 1 N–H and O–H groups in total. The molecule has 0 unspecified atom stereocenters. The van der Waals surface area contributed by atoms with E-state index in [-0.39, 0.29) is 11.8 Å². The van der Waals surface area contributed by atoms with Crippen LogP contribution in [0, 0.1) is 6.92 Å². The molecule has 5 heteroatoms. The molecule has 1 heterocycles. The SMILES string of the molecule is Cc1ccc(-c2cc(C(=O)N(C)Cc3ccc(C(=O)NC4CC4)cc3)c3ccccc3n2)cc1. The van der Waals surface area contributed by atoms with E-state index in [4.69, 9.17) is 4.98 Å². The van der Waals surface area contributed by atoms with Gasteiger partial charge in [-0.2, -0.15) is 0 Å². The third-order valence-electron chi connectivity index (χ3n) is 6.19. The van der Waals surface area contributed by atoms with Gasteiger partial charge in [0.2, 0.25) is 0 Å². The van der Waals surface area contributed by atoms with Crippen molar-refractivity contribution >= 4 is 22.7 Å². The number of pyridine rings is 1. The highest BCUT2D eigenvalue weighted by atomic mass is 16.2. The summed E-state index contributed by atoms with van der Waals surface area (Å²) in [7, 11) is 1.80. The van der Waals surface area contributed by atoms with Gasteiger partial charge < -0.3 is 10.2 Å². The first-order chi connectivity index (χ1) is 16.5. The Morgan fingerprint density at radius 1 is 0.971 bits per heavy atom. The monoisotopic (exact) mass is 449 g/mol. The van der Waals surface area contributed by atoms with E-state index in [9.17, 15) is 9.59 Å². The Morgan fingerprint density at radius 3 is 2.38 bits per heavy atom.